The van der Waals surface area contributed by atoms with Gasteiger partial charge in [0.1, 0.15) is 5.82 Å². The van der Waals surface area contributed by atoms with Crippen molar-refractivity contribution in [3.05, 3.63) is 29.6 Å². The molecule has 2 nitrogen and oxygen atoms in total. The Morgan fingerprint density at radius 1 is 1.33 bits per heavy atom. The smallest absolute Gasteiger partial charge is 0.123 e. The highest BCUT2D eigenvalue weighted by molar-refractivity contribution is 5.55. The van der Waals surface area contributed by atoms with Gasteiger partial charge in [0.25, 0.3) is 0 Å². The molecular weight excluding hydrogens is 263 g/mol. The van der Waals surface area contributed by atoms with Gasteiger partial charge in [-0.2, -0.15) is 0 Å². The summed E-state index contributed by atoms with van der Waals surface area (Å²) in [4.78, 5) is 2.43. The Balaban J connectivity index is 2.22. The fourth-order valence-corrected chi connectivity index (χ4v) is 3.11. The lowest BCUT2D eigenvalue weighted by molar-refractivity contribution is 0.323. The van der Waals surface area contributed by atoms with E-state index < -0.39 is 0 Å². The van der Waals surface area contributed by atoms with Crippen LogP contribution < -0.4 is 10.2 Å². The summed E-state index contributed by atoms with van der Waals surface area (Å²) < 4.78 is 13.7. The number of rotatable bonds is 5. The first-order chi connectivity index (χ1) is 10.0. The summed E-state index contributed by atoms with van der Waals surface area (Å²) in [5.74, 6) is 1.33. The van der Waals surface area contributed by atoms with E-state index in [1.807, 2.05) is 6.07 Å². The van der Waals surface area contributed by atoms with E-state index >= 15 is 0 Å². The summed E-state index contributed by atoms with van der Waals surface area (Å²) in [5, 5.41) is 3.48. The fraction of sp³-hybridized carbons (Fsp3) is 0.667. The summed E-state index contributed by atoms with van der Waals surface area (Å²) in [7, 11) is 0. The SMILES string of the molecule is CCCNC(C)c1cc(F)ccc1N1CCC(C)C(C)C1. The third-order valence-corrected chi connectivity index (χ3v) is 4.83. The van der Waals surface area contributed by atoms with Crippen molar-refractivity contribution in [3.63, 3.8) is 0 Å². The number of anilines is 1. The standard InChI is InChI=1S/C18H29FN2/c1-5-9-20-15(4)17-11-16(19)6-7-18(17)21-10-8-13(2)14(3)12-21/h6-7,11,13-15,20H,5,8-10,12H2,1-4H3. The summed E-state index contributed by atoms with van der Waals surface area (Å²) in [6.45, 7) is 12.0. The van der Waals surface area contributed by atoms with Crippen LogP contribution in [0.1, 0.15) is 52.1 Å². The Kier molecular flexibility index (Phi) is 5.63. The molecule has 0 bridgehead atoms. The maximum atomic E-state index is 13.7. The van der Waals surface area contributed by atoms with E-state index in [1.54, 1.807) is 12.1 Å². The molecule has 1 aromatic rings. The molecule has 21 heavy (non-hydrogen) atoms. The van der Waals surface area contributed by atoms with Gasteiger partial charge in [-0.1, -0.05) is 20.8 Å². The molecule has 3 heteroatoms. The molecule has 1 saturated heterocycles. The number of hydrogen-bond acceptors (Lipinski definition) is 2. The van der Waals surface area contributed by atoms with Crippen LogP contribution in [-0.2, 0) is 0 Å². The number of hydrogen-bond donors (Lipinski definition) is 1. The molecule has 3 atom stereocenters. The second-order valence-corrected chi connectivity index (χ2v) is 6.57. The third-order valence-electron chi connectivity index (χ3n) is 4.83. The molecule has 0 aromatic heterocycles. The van der Waals surface area contributed by atoms with Crippen molar-refractivity contribution in [2.24, 2.45) is 11.8 Å². The highest BCUT2D eigenvalue weighted by atomic mass is 19.1. The van der Waals surface area contributed by atoms with E-state index in [0.29, 0.717) is 5.92 Å². The van der Waals surface area contributed by atoms with Crippen LogP contribution in [0.25, 0.3) is 0 Å². The highest BCUT2D eigenvalue weighted by Crippen LogP contribution is 2.32. The number of nitrogens with zero attached hydrogens (tertiary/aromatic N) is 1. The minimum atomic E-state index is -0.141. The minimum absolute atomic E-state index is 0.141. The molecule has 3 unspecified atom stereocenters. The summed E-state index contributed by atoms with van der Waals surface area (Å²) >= 11 is 0. The topological polar surface area (TPSA) is 15.3 Å². The van der Waals surface area contributed by atoms with Crippen LogP contribution in [-0.4, -0.2) is 19.6 Å². The lowest BCUT2D eigenvalue weighted by atomic mass is 9.88. The van der Waals surface area contributed by atoms with Crippen LogP contribution in [0, 0.1) is 17.7 Å². The fourth-order valence-electron chi connectivity index (χ4n) is 3.11. The number of nitrogens with one attached hydrogen (secondary N) is 1. The van der Waals surface area contributed by atoms with Crippen LogP contribution >= 0.6 is 0 Å². The van der Waals surface area contributed by atoms with Gasteiger partial charge in [0.05, 0.1) is 0 Å². The Bertz CT molecular complexity index is 461. The van der Waals surface area contributed by atoms with Crippen molar-refractivity contribution >= 4 is 5.69 Å². The highest BCUT2D eigenvalue weighted by Gasteiger charge is 2.25. The van der Waals surface area contributed by atoms with Crippen LogP contribution in [0.15, 0.2) is 18.2 Å². The van der Waals surface area contributed by atoms with E-state index in [-0.39, 0.29) is 11.9 Å². The van der Waals surface area contributed by atoms with Crippen molar-refractivity contribution in [1.82, 2.24) is 5.32 Å². The maximum Gasteiger partial charge on any atom is 0.123 e. The second kappa shape index (κ2) is 7.26. The van der Waals surface area contributed by atoms with Crippen LogP contribution in [0.4, 0.5) is 10.1 Å². The molecule has 0 aliphatic carbocycles. The number of piperidine rings is 1. The van der Waals surface area contributed by atoms with E-state index in [9.17, 15) is 4.39 Å². The maximum absolute atomic E-state index is 13.7. The zero-order chi connectivity index (χ0) is 15.4. The van der Waals surface area contributed by atoms with E-state index in [0.717, 1.165) is 37.5 Å². The molecule has 1 fully saturated rings. The van der Waals surface area contributed by atoms with Crippen molar-refractivity contribution in [2.75, 3.05) is 24.5 Å². The largest absolute Gasteiger partial charge is 0.371 e. The zero-order valence-electron chi connectivity index (χ0n) is 13.8. The first-order valence-corrected chi connectivity index (χ1v) is 8.30. The van der Waals surface area contributed by atoms with E-state index in [1.165, 1.54) is 12.1 Å². The first kappa shape index (κ1) is 16.3. The number of halogens is 1. The Morgan fingerprint density at radius 3 is 2.76 bits per heavy atom. The van der Waals surface area contributed by atoms with Crippen molar-refractivity contribution in [2.45, 2.75) is 46.6 Å². The van der Waals surface area contributed by atoms with E-state index in [4.69, 9.17) is 0 Å². The molecule has 118 valence electrons. The molecule has 0 spiro atoms. The monoisotopic (exact) mass is 292 g/mol. The summed E-state index contributed by atoms with van der Waals surface area (Å²) in [5.41, 5.74) is 2.29. The van der Waals surface area contributed by atoms with Gasteiger partial charge in [-0.05, 0) is 61.9 Å². The molecule has 2 rings (SSSR count). The van der Waals surface area contributed by atoms with Crippen molar-refractivity contribution in [1.29, 1.82) is 0 Å². The Labute approximate surface area is 128 Å². The zero-order valence-corrected chi connectivity index (χ0v) is 13.8. The van der Waals surface area contributed by atoms with Gasteiger partial charge >= 0.3 is 0 Å². The molecule has 1 aliphatic heterocycles. The molecule has 1 aromatic carbocycles. The van der Waals surface area contributed by atoms with Crippen LogP contribution in [0.2, 0.25) is 0 Å². The summed E-state index contributed by atoms with van der Waals surface area (Å²) in [6, 6.07) is 5.43. The lowest BCUT2D eigenvalue weighted by Crippen LogP contribution is -2.39. The molecule has 1 heterocycles. The van der Waals surface area contributed by atoms with Gasteiger partial charge in [-0.3, -0.25) is 0 Å². The molecule has 1 aliphatic rings. The van der Waals surface area contributed by atoms with Crippen LogP contribution in [0.5, 0.6) is 0 Å². The van der Waals surface area contributed by atoms with Gasteiger partial charge in [0.2, 0.25) is 0 Å². The minimum Gasteiger partial charge on any atom is -0.371 e. The van der Waals surface area contributed by atoms with Gasteiger partial charge in [-0.25, -0.2) is 4.39 Å². The third kappa shape index (κ3) is 3.97. The van der Waals surface area contributed by atoms with Crippen molar-refractivity contribution in [3.8, 4) is 0 Å². The van der Waals surface area contributed by atoms with Gasteiger partial charge in [0.15, 0.2) is 0 Å². The quantitative estimate of drug-likeness (QED) is 0.867. The number of benzene rings is 1. The predicted octanol–water partition coefficient (Wildman–Crippen LogP) is 4.37. The molecular formula is C18H29FN2. The first-order valence-electron chi connectivity index (χ1n) is 8.30. The van der Waals surface area contributed by atoms with Gasteiger partial charge in [0, 0.05) is 24.8 Å². The van der Waals surface area contributed by atoms with E-state index in [2.05, 4.69) is 37.9 Å². The average molecular weight is 292 g/mol. The summed E-state index contributed by atoms with van der Waals surface area (Å²) in [6.07, 6.45) is 2.31. The predicted molar refractivity (Wildman–Crippen MR) is 88.3 cm³/mol. The van der Waals surface area contributed by atoms with Crippen LogP contribution in [0.3, 0.4) is 0 Å². The molecule has 1 N–H and O–H groups in total. The molecule has 0 radical (unpaired) electrons. The Morgan fingerprint density at radius 2 is 2.10 bits per heavy atom. The van der Waals surface area contributed by atoms with Gasteiger partial charge in [-0.15, -0.1) is 0 Å². The Hall–Kier alpha value is -1.09. The lowest BCUT2D eigenvalue weighted by Gasteiger charge is -2.38. The average Bonchev–Trinajstić information content (AvgIpc) is 2.47. The molecule has 0 saturated carbocycles. The molecule has 0 amide bonds. The van der Waals surface area contributed by atoms with Crippen molar-refractivity contribution < 1.29 is 4.39 Å². The second-order valence-electron chi connectivity index (χ2n) is 6.57. The van der Waals surface area contributed by atoms with Gasteiger partial charge < -0.3 is 10.2 Å². The normalized spacial score (nSPS) is 24.1.